The number of rotatable bonds is 6. The van der Waals surface area contributed by atoms with Gasteiger partial charge >= 0.3 is 5.97 Å². The third-order valence-electron chi connectivity index (χ3n) is 11.1. The van der Waals surface area contributed by atoms with E-state index in [2.05, 4.69) is 0 Å². The Morgan fingerprint density at radius 1 is 0.577 bits per heavy atom. The van der Waals surface area contributed by atoms with Gasteiger partial charge in [0.25, 0.3) is 0 Å². The Labute approximate surface area is 296 Å². The first kappa shape index (κ1) is 30.2. The Hall–Kier alpha value is -6.68. The molecule has 5 aromatic carbocycles. The van der Waals surface area contributed by atoms with Gasteiger partial charge in [0.2, 0.25) is 25.4 Å². The number of carboxylic acid groups (broad SMARTS) is 1. The van der Waals surface area contributed by atoms with E-state index in [9.17, 15) is 9.90 Å². The fourth-order valence-corrected chi connectivity index (χ4v) is 9.26. The van der Waals surface area contributed by atoms with Gasteiger partial charge in [-0.2, -0.15) is 0 Å². The van der Waals surface area contributed by atoms with Crippen molar-refractivity contribution in [3.63, 3.8) is 0 Å². The summed E-state index contributed by atoms with van der Waals surface area (Å²) < 4.78 is 23.0. The third-order valence-corrected chi connectivity index (χ3v) is 11.1. The molecule has 0 spiro atoms. The fraction of sp³-hybridized carbons (Fsp3) is 0.143. The van der Waals surface area contributed by atoms with Gasteiger partial charge in [-0.3, -0.25) is 14.4 Å². The second kappa shape index (κ2) is 10.7. The van der Waals surface area contributed by atoms with Crippen LogP contribution in [-0.2, 0) is 25.2 Å². The number of hydrogen-bond donors (Lipinski definition) is 1. The number of nitrogens with zero attached hydrogens (tertiary/aromatic N) is 1. The third kappa shape index (κ3) is 3.67. The van der Waals surface area contributed by atoms with Crippen LogP contribution >= 0.6 is 0 Å². The topological polar surface area (TPSA) is 129 Å². The average Bonchev–Trinajstić information content (AvgIpc) is 3.98. The van der Waals surface area contributed by atoms with Crippen LogP contribution < -0.4 is 23.8 Å². The molecule has 2 amide bonds. The first-order valence-electron chi connectivity index (χ1n) is 16.8. The van der Waals surface area contributed by atoms with E-state index >= 15 is 14.4 Å². The van der Waals surface area contributed by atoms with E-state index in [1.165, 1.54) is 18.2 Å². The first-order valence-corrected chi connectivity index (χ1v) is 16.8. The van der Waals surface area contributed by atoms with Crippen molar-refractivity contribution >= 4 is 40.4 Å². The van der Waals surface area contributed by atoms with Crippen molar-refractivity contribution in [1.82, 2.24) is 0 Å². The van der Waals surface area contributed by atoms with Crippen molar-refractivity contribution in [2.24, 2.45) is 11.8 Å². The molecular weight excluding hydrogens is 662 g/mol. The van der Waals surface area contributed by atoms with Gasteiger partial charge in [0.15, 0.2) is 28.8 Å². The summed E-state index contributed by atoms with van der Waals surface area (Å²) in [7, 11) is 0. The number of carbonyl (C=O) groups excluding carboxylic acids is 3. The SMILES string of the molecule is O=C(O)c1cccc(N2C(=O)[C@H]3[C@H](C2=O)[C@@]2(c4ccccc4)C(=O)[C@@]3(c3ccccc3)C(c3ccc4c(c3)OCO4)=C2c2ccc3c(c2)OCO3)c1. The minimum Gasteiger partial charge on any atom is -0.478 e. The van der Waals surface area contributed by atoms with Gasteiger partial charge in [-0.25, -0.2) is 9.69 Å². The summed E-state index contributed by atoms with van der Waals surface area (Å²) in [4.78, 5) is 59.8. The summed E-state index contributed by atoms with van der Waals surface area (Å²) in [6.45, 7) is 0.0667. The van der Waals surface area contributed by atoms with Crippen LogP contribution in [0.5, 0.6) is 23.0 Å². The molecule has 2 aliphatic carbocycles. The predicted octanol–water partition coefficient (Wildman–Crippen LogP) is 6.03. The van der Waals surface area contributed by atoms with Gasteiger partial charge in [-0.1, -0.05) is 78.9 Å². The lowest BCUT2D eigenvalue weighted by Gasteiger charge is -2.39. The number of hydrogen-bond acceptors (Lipinski definition) is 8. The number of amides is 2. The smallest absolute Gasteiger partial charge is 0.335 e. The molecule has 4 atom stereocenters. The quantitative estimate of drug-likeness (QED) is 0.213. The summed E-state index contributed by atoms with van der Waals surface area (Å²) in [6.07, 6.45) is 0. The Balaban J connectivity index is 1.35. The molecule has 2 fully saturated rings. The Morgan fingerprint density at radius 2 is 1.06 bits per heavy atom. The van der Waals surface area contributed by atoms with Crippen LogP contribution in [0.2, 0.25) is 0 Å². The van der Waals surface area contributed by atoms with E-state index in [0.717, 1.165) is 4.90 Å². The lowest BCUT2D eigenvalue weighted by molar-refractivity contribution is -0.130. The molecule has 1 saturated carbocycles. The molecule has 0 unspecified atom stereocenters. The van der Waals surface area contributed by atoms with Gasteiger partial charge in [-0.05, 0) is 75.9 Å². The zero-order valence-electron chi connectivity index (χ0n) is 27.3. The number of ether oxygens (including phenoxy) is 4. The number of Topliss-reactive ketones (excluding diaryl/α,β-unsaturated/α-hetero) is 1. The molecule has 5 aliphatic rings. The van der Waals surface area contributed by atoms with Crippen LogP contribution in [0, 0.1) is 11.8 Å². The van der Waals surface area contributed by atoms with Gasteiger partial charge in [0, 0.05) is 0 Å². The highest BCUT2D eigenvalue weighted by Gasteiger charge is 2.82. The van der Waals surface area contributed by atoms with Crippen LogP contribution in [0.25, 0.3) is 11.1 Å². The maximum absolute atomic E-state index is 16.2. The Bertz CT molecular complexity index is 2300. The molecule has 10 heteroatoms. The minimum absolute atomic E-state index is 0.0334. The van der Waals surface area contributed by atoms with Crippen molar-refractivity contribution in [3.05, 3.63) is 149 Å². The van der Waals surface area contributed by atoms with E-state index < -0.39 is 40.4 Å². The zero-order valence-corrected chi connectivity index (χ0v) is 27.3. The van der Waals surface area contributed by atoms with E-state index in [1.807, 2.05) is 84.9 Å². The second-order valence-corrected chi connectivity index (χ2v) is 13.4. The van der Waals surface area contributed by atoms with Gasteiger partial charge in [0.05, 0.1) is 33.9 Å². The highest BCUT2D eigenvalue weighted by atomic mass is 16.7. The van der Waals surface area contributed by atoms with E-state index in [1.54, 1.807) is 18.2 Å². The number of benzene rings is 5. The molecule has 10 rings (SSSR count). The molecule has 3 aliphatic heterocycles. The maximum atomic E-state index is 16.2. The average molecular weight is 690 g/mol. The van der Waals surface area contributed by atoms with E-state index in [4.69, 9.17) is 18.9 Å². The Kier molecular flexibility index (Phi) is 6.19. The van der Waals surface area contributed by atoms with Crippen LogP contribution in [0.3, 0.4) is 0 Å². The summed E-state index contributed by atoms with van der Waals surface area (Å²) in [5.41, 5.74) is 0.175. The molecule has 254 valence electrons. The van der Waals surface area contributed by atoms with Crippen molar-refractivity contribution in [3.8, 4) is 23.0 Å². The zero-order chi connectivity index (χ0) is 35.4. The van der Waals surface area contributed by atoms with Crippen molar-refractivity contribution in [2.45, 2.75) is 10.8 Å². The number of ketones is 1. The van der Waals surface area contributed by atoms with Crippen molar-refractivity contribution in [2.75, 3.05) is 18.5 Å². The monoisotopic (exact) mass is 689 g/mol. The molecular formula is C42H27NO9. The molecule has 5 aromatic rings. The molecule has 3 heterocycles. The molecule has 0 radical (unpaired) electrons. The highest BCUT2D eigenvalue weighted by molar-refractivity contribution is 6.39. The minimum atomic E-state index is -1.67. The molecule has 10 nitrogen and oxygen atoms in total. The van der Waals surface area contributed by atoms with Crippen LogP contribution in [0.4, 0.5) is 5.69 Å². The first-order chi connectivity index (χ1) is 25.4. The number of carboxylic acids is 1. The molecule has 0 aromatic heterocycles. The van der Waals surface area contributed by atoms with E-state index in [0.29, 0.717) is 56.4 Å². The summed E-state index contributed by atoms with van der Waals surface area (Å²) in [5.74, 6) is -2.99. The standard InChI is InChI=1S/C42H27NO9/c44-37-35-36(38(45)43(37)28-13-7-8-25(18-28)39(46)47)42(27-11-5-2-6-12-27)34(24-15-17-30-32(20-24)52-22-50-30)33(23-14-16-29-31(19-23)51-21-49-29)41(35,40(42)48)26-9-3-1-4-10-26/h1-20,35-36H,21-22H2,(H,46,47)/t35-,36-,41+,42+/m1/s1. The number of imide groups is 1. The second-order valence-electron chi connectivity index (χ2n) is 13.4. The summed E-state index contributed by atoms with van der Waals surface area (Å²) in [6, 6.07) is 35.0. The van der Waals surface area contributed by atoms with Gasteiger partial charge in [-0.15, -0.1) is 0 Å². The maximum Gasteiger partial charge on any atom is 0.335 e. The normalized spacial score (nSPS) is 24.9. The largest absolute Gasteiger partial charge is 0.478 e. The summed E-state index contributed by atoms with van der Waals surface area (Å²) >= 11 is 0. The van der Waals surface area contributed by atoms with Crippen LogP contribution in [-0.4, -0.2) is 42.3 Å². The lowest BCUT2D eigenvalue weighted by Crippen LogP contribution is -2.45. The molecule has 52 heavy (non-hydrogen) atoms. The molecule has 1 saturated heterocycles. The number of allylic oxidation sites excluding steroid dienone is 2. The lowest BCUT2D eigenvalue weighted by atomic mass is 9.59. The number of aromatic carboxylic acids is 1. The van der Waals surface area contributed by atoms with Crippen molar-refractivity contribution in [1.29, 1.82) is 0 Å². The van der Waals surface area contributed by atoms with Crippen LogP contribution in [0.15, 0.2) is 121 Å². The predicted molar refractivity (Wildman–Crippen MR) is 186 cm³/mol. The van der Waals surface area contributed by atoms with Gasteiger partial charge < -0.3 is 24.1 Å². The highest BCUT2D eigenvalue weighted by Crippen LogP contribution is 2.74. The van der Waals surface area contributed by atoms with E-state index in [-0.39, 0.29) is 30.6 Å². The number of carbonyl (C=O) groups is 4. The number of fused-ring (bicyclic) bond motifs is 7. The number of anilines is 1. The molecule has 1 N–H and O–H groups in total. The fourth-order valence-electron chi connectivity index (χ4n) is 9.26. The van der Waals surface area contributed by atoms with Crippen molar-refractivity contribution < 1.29 is 43.2 Å². The summed E-state index contributed by atoms with van der Waals surface area (Å²) in [5, 5.41) is 9.83. The van der Waals surface area contributed by atoms with Gasteiger partial charge in [0.1, 0.15) is 0 Å². The Morgan fingerprint density at radius 3 is 1.54 bits per heavy atom. The molecule has 2 bridgehead atoms. The van der Waals surface area contributed by atoms with Crippen LogP contribution in [0.1, 0.15) is 32.6 Å².